The molecule has 0 aromatic heterocycles. The zero-order valence-electron chi connectivity index (χ0n) is 15.3. The summed E-state index contributed by atoms with van der Waals surface area (Å²) in [7, 11) is 1.56. The first-order chi connectivity index (χ1) is 12.1. The zero-order valence-corrected chi connectivity index (χ0v) is 15.3. The van der Waals surface area contributed by atoms with Crippen LogP contribution in [0, 0.1) is 0 Å². The van der Waals surface area contributed by atoms with Crippen molar-refractivity contribution in [1.82, 2.24) is 10.2 Å². The first-order valence-corrected chi connectivity index (χ1v) is 8.94. The summed E-state index contributed by atoms with van der Waals surface area (Å²) in [4.78, 5) is 15.2. The number of anilines is 2. The quantitative estimate of drug-likeness (QED) is 0.522. The van der Waals surface area contributed by atoms with Crippen molar-refractivity contribution in [3.05, 3.63) is 30.4 Å². The van der Waals surface area contributed by atoms with Crippen LogP contribution in [-0.2, 0) is 0 Å². The van der Waals surface area contributed by atoms with E-state index < -0.39 is 0 Å². The number of likely N-dealkylation sites (N-methyl/N-ethyl adjacent to an activating group) is 1. The second-order valence-corrected chi connectivity index (χ2v) is 6.37. The van der Waals surface area contributed by atoms with Crippen molar-refractivity contribution in [3.63, 3.8) is 0 Å². The number of likely N-dealkylation sites (tertiary alicyclic amines) is 1. The standard InChI is InChI=1S/C19H30N4O2/c1-4-9-21-17-12-18(25-3)15(11-16(17)20)19(24)22-14-8-6-7-10-23(5-2)13-14/h4,11-12,14,21H,1,5-10,13,20H2,2-3H3,(H,22,24). The highest BCUT2D eigenvalue weighted by Crippen LogP contribution is 2.29. The molecule has 6 nitrogen and oxygen atoms in total. The summed E-state index contributed by atoms with van der Waals surface area (Å²) in [6, 6.07) is 3.59. The molecule has 1 amide bonds. The highest BCUT2D eigenvalue weighted by Gasteiger charge is 2.22. The Kier molecular flexibility index (Phi) is 7.13. The van der Waals surface area contributed by atoms with Gasteiger partial charge >= 0.3 is 0 Å². The Bertz CT molecular complexity index is 603. The average Bonchev–Trinajstić information content (AvgIpc) is 2.85. The molecule has 25 heavy (non-hydrogen) atoms. The van der Waals surface area contributed by atoms with Crippen LogP contribution in [0.3, 0.4) is 0 Å². The first kappa shape index (κ1) is 19.1. The predicted octanol–water partition coefficient (Wildman–Crippen LogP) is 2.48. The average molecular weight is 346 g/mol. The van der Waals surface area contributed by atoms with Gasteiger partial charge in [-0.2, -0.15) is 0 Å². The molecule has 1 fully saturated rings. The van der Waals surface area contributed by atoms with E-state index in [9.17, 15) is 4.79 Å². The van der Waals surface area contributed by atoms with E-state index in [1.54, 1.807) is 25.3 Å². The molecule has 0 bridgehead atoms. The molecular weight excluding hydrogens is 316 g/mol. The van der Waals surface area contributed by atoms with E-state index in [-0.39, 0.29) is 11.9 Å². The Balaban J connectivity index is 2.14. The van der Waals surface area contributed by atoms with Crippen LogP contribution in [0.15, 0.2) is 24.8 Å². The maximum absolute atomic E-state index is 12.8. The third-order valence-electron chi connectivity index (χ3n) is 4.59. The number of nitrogen functional groups attached to an aromatic ring is 1. The molecule has 1 unspecified atom stereocenters. The molecule has 2 rings (SSSR count). The monoisotopic (exact) mass is 346 g/mol. The number of nitrogens with zero attached hydrogens (tertiary/aromatic N) is 1. The van der Waals surface area contributed by atoms with Crippen LogP contribution in [0.5, 0.6) is 5.75 Å². The highest BCUT2D eigenvalue weighted by molar-refractivity contribution is 5.99. The van der Waals surface area contributed by atoms with Gasteiger partial charge in [0.25, 0.3) is 5.91 Å². The van der Waals surface area contributed by atoms with Gasteiger partial charge in [-0.15, -0.1) is 6.58 Å². The number of methoxy groups -OCH3 is 1. The lowest BCUT2D eigenvalue weighted by Gasteiger charge is -2.24. The minimum Gasteiger partial charge on any atom is -0.496 e. The molecule has 0 saturated carbocycles. The smallest absolute Gasteiger partial charge is 0.255 e. The molecule has 1 saturated heterocycles. The Morgan fingerprint density at radius 2 is 2.28 bits per heavy atom. The van der Waals surface area contributed by atoms with Crippen LogP contribution < -0.4 is 21.1 Å². The molecule has 0 spiro atoms. The van der Waals surface area contributed by atoms with Crippen molar-refractivity contribution in [2.75, 3.05) is 44.3 Å². The van der Waals surface area contributed by atoms with Crippen molar-refractivity contribution in [2.24, 2.45) is 0 Å². The van der Waals surface area contributed by atoms with Crippen LogP contribution >= 0.6 is 0 Å². The number of benzene rings is 1. The van der Waals surface area contributed by atoms with Crippen molar-refractivity contribution in [2.45, 2.75) is 32.2 Å². The Hall–Kier alpha value is -2.21. The van der Waals surface area contributed by atoms with Crippen molar-refractivity contribution < 1.29 is 9.53 Å². The molecule has 1 aromatic rings. The zero-order chi connectivity index (χ0) is 18.2. The number of carbonyl (C=O) groups excluding carboxylic acids is 1. The largest absolute Gasteiger partial charge is 0.496 e. The van der Waals surface area contributed by atoms with E-state index in [1.165, 1.54) is 6.42 Å². The van der Waals surface area contributed by atoms with Gasteiger partial charge in [-0.3, -0.25) is 4.79 Å². The Morgan fingerprint density at radius 3 is 2.96 bits per heavy atom. The summed E-state index contributed by atoms with van der Waals surface area (Å²) < 4.78 is 5.41. The molecule has 1 heterocycles. The van der Waals surface area contributed by atoms with Crippen LogP contribution in [0.2, 0.25) is 0 Å². The molecule has 0 radical (unpaired) electrons. The van der Waals surface area contributed by atoms with E-state index in [0.29, 0.717) is 23.5 Å². The van der Waals surface area contributed by atoms with E-state index in [4.69, 9.17) is 10.5 Å². The second kappa shape index (κ2) is 9.32. The van der Waals surface area contributed by atoms with E-state index in [1.807, 2.05) is 0 Å². The summed E-state index contributed by atoms with van der Waals surface area (Å²) >= 11 is 0. The molecule has 138 valence electrons. The van der Waals surface area contributed by atoms with Gasteiger partial charge in [0.1, 0.15) is 5.75 Å². The molecule has 1 aliphatic heterocycles. The number of rotatable bonds is 7. The minimum atomic E-state index is -0.137. The van der Waals surface area contributed by atoms with Crippen LogP contribution in [0.25, 0.3) is 0 Å². The molecule has 0 aliphatic carbocycles. The fraction of sp³-hybridized carbons (Fsp3) is 0.526. The lowest BCUT2D eigenvalue weighted by Crippen LogP contribution is -2.42. The van der Waals surface area contributed by atoms with Gasteiger partial charge in [0, 0.05) is 25.2 Å². The summed E-state index contributed by atoms with van der Waals surface area (Å²) in [5.41, 5.74) is 7.81. The Morgan fingerprint density at radius 1 is 1.48 bits per heavy atom. The minimum absolute atomic E-state index is 0.137. The van der Waals surface area contributed by atoms with Gasteiger partial charge < -0.3 is 26.0 Å². The summed E-state index contributed by atoms with van der Waals surface area (Å²) in [6.07, 6.45) is 5.06. The first-order valence-electron chi connectivity index (χ1n) is 8.94. The molecular formula is C19H30N4O2. The van der Waals surface area contributed by atoms with Crippen LogP contribution in [0.4, 0.5) is 11.4 Å². The van der Waals surface area contributed by atoms with Gasteiger partial charge in [-0.25, -0.2) is 0 Å². The number of amides is 1. The fourth-order valence-corrected chi connectivity index (χ4v) is 3.17. The van der Waals surface area contributed by atoms with Gasteiger partial charge in [-0.05, 0) is 32.0 Å². The SMILES string of the molecule is C=CCNc1cc(OC)c(C(=O)NC2CCCCN(CC)C2)cc1N. The number of carbonyl (C=O) groups is 1. The van der Waals surface area contributed by atoms with Gasteiger partial charge in [0.15, 0.2) is 0 Å². The molecule has 1 aromatic carbocycles. The second-order valence-electron chi connectivity index (χ2n) is 6.37. The van der Waals surface area contributed by atoms with Gasteiger partial charge in [0.2, 0.25) is 0 Å². The third kappa shape index (κ3) is 5.13. The maximum Gasteiger partial charge on any atom is 0.255 e. The highest BCUT2D eigenvalue weighted by atomic mass is 16.5. The molecule has 6 heteroatoms. The van der Waals surface area contributed by atoms with Crippen molar-refractivity contribution in [1.29, 1.82) is 0 Å². The number of ether oxygens (including phenoxy) is 1. The maximum atomic E-state index is 12.8. The molecule has 1 atom stereocenters. The molecule has 1 aliphatic rings. The number of hydrogen-bond donors (Lipinski definition) is 3. The normalized spacial score (nSPS) is 18.2. The lowest BCUT2D eigenvalue weighted by atomic mass is 10.1. The summed E-state index contributed by atoms with van der Waals surface area (Å²) in [5.74, 6) is 0.376. The van der Waals surface area contributed by atoms with E-state index in [0.717, 1.165) is 38.2 Å². The number of nitrogens with one attached hydrogen (secondary N) is 2. The van der Waals surface area contributed by atoms with Crippen molar-refractivity contribution >= 4 is 17.3 Å². The van der Waals surface area contributed by atoms with Gasteiger partial charge in [0.05, 0.1) is 24.0 Å². The topological polar surface area (TPSA) is 79.6 Å². The lowest BCUT2D eigenvalue weighted by molar-refractivity contribution is 0.0924. The van der Waals surface area contributed by atoms with Crippen LogP contribution in [0.1, 0.15) is 36.5 Å². The summed E-state index contributed by atoms with van der Waals surface area (Å²) in [5, 5.41) is 6.30. The number of nitrogens with two attached hydrogens (primary N) is 1. The Labute approximate surface area is 150 Å². The predicted molar refractivity (Wildman–Crippen MR) is 103 cm³/mol. The third-order valence-corrected chi connectivity index (χ3v) is 4.59. The van der Waals surface area contributed by atoms with Crippen molar-refractivity contribution in [3.8, 4) is 5.75 Å². The van der Waals surface area contributed by atoms with Gasteiger partial charge in [-0.1, -0.05) is 19.4 Å². The number of hydrogen-bond acceptors (Lipinski definition) is 5. The van der Waals surface area contributed by atoms with Crippen LogP contribution in [-0.4, -0.2) is 50.1 Å². The fourth-order valence-electron chi connectivity index (χ4n) is 3.17. The van der Waals surface area contributed by atoms with E-state index >= 15 is 0 Å². The van der Waals surface area contributed by atoms with E-state index in [2.05, 4.69) is 29.0 Å². The molecule has 4 N–H and O–H groups in total. The summed E-state index contributed by atoms with van der Waals surface area (Å²) in [6.45, 7) is 9.42.